The number of primary amides is 1. The highest BCUT2D eigenvalue weighted by Gasteiger charge is 2.16. The van der Waals surface area contributed by atoms with E-state index in [-0.39, 0.29) is 11.4 Å². The van der Waals surface area contributed by atoms with Crippen molar-refractivity contribution in [1.29, 1.82) is 0 Å². The highest BCUT2D eigenvalue weighted by molar-refractivity contribution is 5.97. The molecular weight excluding hydrogens is 146 g/mol. The molecule has 5 heteroatoms. The van der Waals surface area contributed by atoms with E-state index in [2.05, 4.69) is 9.68 Å². The first kappa shape index (κ1) is 7.59. The predicted octanol–water partition coefficient (Wildman–Crippen LogP) is -0.0819. The van der Waals surface area contributed by atoms with Crippen LogP contribution >= 0.6 is 0 Å². The van der Waals surface area contributed by atoms with Gasteiger partial charge in [-0.3, -0.25) is 4.79 Å². The molecule has 1 aromatic heterocycles. The zero-order valence-electron chi connectivity index (χ0n) is 6.13. The number of nitrogen functional groups attached to an aromatic ring is 1. The van der Waals surface area contributed by atoms with E-state index in [0.29, 0.717) is 12.1 Å². The van der Waals surface area contributed by atoms with E-state index >= 15 is 0 Å². The number of aromatic nitrogens is 1. The molecule has 11 heavy (non-hydrogen) atoms. The number of hydrogen-bond donors (Lipinski definition) is 2. The Morgan fingerprint density at radius 3 is 2.73 bits per heavy atom. The minimum atomic E-state index is -0.597. The van der Waals surface area contributed by atoms with Crippen molar-refractivity contribution in [2.24, 2.45) is 5.73 Å². The third kappa shape index (κ3) is 1.17. The Balaban J connectivity index is 3.17. The van der Waals surface area contributed by atoms with Crippen LogP contribution in [0.5, 0.6) is 0 Å². The van der Waals surface area contributed by atoms with Crippen LogP contribution in [0.2, 0.25) is 0 Å². The highest BCUT2D eigenvalue weighted by Crippen LogP contribution is 2.15. The van der Waals surface area contributed by atoms with Crippen LogP contribution in [-0.4, -0.2) is 11.1 Å². The molecule has 0 atom stereocenters. The molecule has 4 N–H and O–H groups in total. The van der Waals surface area contributed by atoms with Crippen molar-refractivity contribution >= 4 is 11.8 Å². The molecule has 0 aliphatic heterocycles. The topological polar surface area (TPSA) is 95.1 Å². The predicted molar refractivity (Wildman–Crippen MR) is 38.8 cm³/mol. The normalized spacial score (nSPS) is 9.91. The van der Waals surface area contributed by atoms with Gasteiger partial charge in [-0.25, -0.2) is 0 Å². The van der Waals surface area contributed by atoms with Crippen molar-refractivity contribution in [3.8, 4) is 0 Å². The van der Waals surface area contributed by atoms with Gasteiger partial charge < -0.3 is 16.0 Å². The van der Waals surface area contributed by atoms with Gasteiger partial charge in [-0.15, -0.1) is 0 Å². The molecule has 1 heterocycles. The minimum Gasteiger partial charge on any atom is -0.367 e. The van der Waals surface area contributed by atoms with E-state index in [1.807, 2.05) is 6.92 Å². The average molecular weight is 155 g/mol. The summed E-state index contributed by atoms with van der Waals surface area (Å²) >= 11 is 0. The van der Waals surface area contributed by atoms with Gasteiger partial charge >= 0.3 is 0 Å². The zero-order chi connectivity index (χ0) is 8.43. The maximum Gasteiger partial charge on any atom is 0.256 e. The fraction of sp³-hybridized carbons (Fsp3) is 0.333. The number of carbonyl (C=O) groups is 1. The second kappa shape index (κ2) is 2.61. The van der Waals surface area contributed by atoms with Gasteiger partial charge in [-0.2, -0.15) is 0 Å². The largest absolute Gasteiger partial charge is 0.367 e. The van der Waals surface area contributed by atoms with E-state index < -0.39 is 5.91 Å². The number of nitrogens with zero attached hydrogens (tertiary/aromatic N) is 1. The first-order valence-corrected chi connectivity index (χ1v) is 3.20. The minimum absolute atomic E-state index is 0.00523. The van der Waals surface area contributed by atoms with E-state index in [4.69, 9.17) is 11.5 Å². The van der Waals surface area contributed by atoms with E-state index in [1.165, 1.54) is 0 Å². The van der Waals surface area contributed by atoms with Crippen LogP contribution in [0.4, 0.5) is 5.88 Å². The standard InChI is InChI=1S/C6H9N3O2/c1-2-3-4(5(7)10)6(8)11-9-3/h2,8H2,1H3,(H2,7,10). The van der Waals surface area contributed by atoms with Crippen LogP contribution in [0.25, 0.3) is 0 Å². The molecule has 0 spiro atoms. The number of nitrogens with two attached hydrogens (primary N) is 2. The lowest BCUT2D eigenvalue weighted by molar-refractivity contribution is 0.1000. The van der Waals surface area contributed by atoms with Gasteiger partial charge in [-0.05, 0) is 6.42 Å². The summed E-state index contributed by atoms with van der Waals surface area (Å²) in [6.07, 6.45) is 0.582. The molecule has 0 aliphatic rings. The van der Waals surface area contributed by atoms with Crippen LogP contribution < -0.4 is 11.5 Å². The second-order valence-electron chi connectivity index (χ2n) is 2.09. The molecule has 0 saturated carbocycles. The molecule has 0 bridgehead atoms. The molecule has 1 rings (SSSR count). The summed E-state index contributed by atoms with van der Waals surface area (Å²) in [5, 5.41) is 3.55. The molecule has 0 saturated heterocycles. The van der Waals surface area contributed by atoms with E-state index in [1.54, 1.807) is 0 Å². The van der Waals surface area contributed by atoms with Crippen molar-refractivity contribution in [2.75, 3.05) is 5.73 Å². The Morgan fingerprint density at radius 2 is 2.36 bits per heavy atom. The smallest absolute Gasteiger partial charge is 0.256 e. The molecule has 5 nitrogen and oxygen atoms in total. The van der Waals surface area contributed by atoms with Crippen molar-refractivity contribution in [3.05, 3.63) is 11.3 Å². The number of aryl methyl sites for hydroxylation is 1. The van der Waals surface area contributed by atoms with Crippen LogP contribution in [0, 0.1) is 0 Å². The fourth-order valence-electron chi connectivity index (χ4n) is 0.843. The highest BCUT2D eigenvalue weighted by atomic mass is 16.5. The first-order chi connectivity index (χ1) is 5.16. The van der Waals surface area contributed by atoms with Gasteiger partial charge in [0.05, 0.1) is 5.69 Å². The van der Waals surface area contributed by atoms with Crippen molar-refractivity contribution < 1.29 is 9.32 Å². The zero-order valence-corrected chi connectivity index (χ0v) is 6.13. The van der Waals surface area contributed by atoms with E-state index in [0.717, 1.165) is 0 Å². The lowest BCUT2D eigenvalue weighted by atomic mass is 10.2. The first-order valence-electron chi connectivity index (χ1n) is 3.20. The maximum atomic E-state index is 10.7. The third-order valence-corrected chi connectivity index (χ3v) is 1.37. The monoisotopic (exact) mass is 155 g/mol. The summed E-state index contributed by atoms with van der Waals surface area (Å²) in [7, 11) is 0. The molecule has 0 aromatic carbocycles. The number of anilines is 1. The number of rotatable bonds is 2. The third-order valence-electron chi connectivity index (χ3n) is 1.37. The van der Waals surface area contributed by atoms with Crippen molar-refractivity contribution in [3.63, 3.8) is 0 Å². The molecule has 1 amide bonds. The summed E-state index contributed by atoms with van der Waals surface area (Å²) in [4.78, 5) is 10.7. The van der Waals surface area contributed by atoms with Gasteiger partial charge in [0.2, 0.25) is 5.88 Å². The Kier molecular flexibility index (Phi) is 1.80. The maximum absolute atomic E-state index is 10.7. The van der Waals surface area contributed by atoms with Crippen LogP contribution in [-0.2, 0) is 6.42 Å². The van der Waals surface area contributed by atoms with Gasteiger partial charge in [-0.1, -0.05) is 12.1 Å². The summed E-state index contributed by atoms with van der Waals surface area (Å²) in [5.41, 5.74) is 11.0. The van der Waals surface area contributed by atoms with Gasteiger partial charge in [0.15, 0.2) is 0 Å². The summed E-state index contributed by atoms with van der Waals surface area (Å²) < 4.78 is 4.57. The summed E-state index contributed by atoms with van der Waals surface area (Å²) in [6.45, 7) is 1.84. The summed E-state index contributed by atoms with van der Waals surface area (Å²) in [6, 6.07) is 0. The van der Waals surface area contributed by atoms with Gasteiger partial charge in [0.25, 0.3) is 5.91 Å². The Hall–Kier alpha value is -1.52. The molecule has 60 valence electrons. The van der Waals surface area contributed by atoms with Crippen molar-refractivity contribution in [2.45, 2.75) is 13.3 Å². The number of carbonyl (C=O) groups excluding carboxylic acids is 1. The van der Waals surface area contributed by atoms with Gasteiger partial charge in [0, 0.05) is 0 Å². The lowest BCUT2D eigenvalue weighted by Crippen LogP contribution is -2.14. The number of amides is 1. The Labute approximate surface area is 63.3 Å². The van der Waals surface area contributed by atoms with Crippen LogP contribution in [0.3, 0.4) is 0 Å². The fourth-order valence-corrected chi connectivity index (χ4v) is 0.843. The summed E-state index contributed by atoms with van der Waals surface area (Å²) in [5.74, 6) is -0.602. The van der Waals surface area contributed by atoms with E-state index in [9.17, 15) is 4.79 Å². The van der Waals surface area contributed by atoms with Crippen molar-refractivity contribution in [1.82, 2.24) is 5.16 Å². The average Bonchev–Trinajstić information content (AvgIpc) is 2.30. The molecule has 0 aliphatic carbocycles. The Bertz CT molecular complexity index is 279. The molecular formula is C6H9N3O2. The van der Waals surface area contributed by atoms with Crippen LogP contribution in [0.15, 0.2) is 4.52 Å². The Morgan fingerprint density at radius 1 is 1.73 bits per heavy atom. The molecule has 0 unspecified atom stereocenters. The quantitative estimate of drug-likeness (QED) is 0.624. The molecule has 0 radical (unpaired) electrons. The SMILES string of the molecule is CCc1noc(N)c1C(N)=O. The van der Waals surface area contributed by atoms with Crippen LogP contribution in [0.1, 0.15) is 23.0 Å². The lowest BCUT2D eigenvalue weighted by Gasteiger charge is -1.91. The second-order valence-corrected chi connectivity index (χ2v) is 2.09. The molecule has 0 fully saturated rings. The van der Waals surface area contributed by atoms with Gasteiger partial charge in [0.1, 0.15) is 5.56 Å². The number of hydrogen-bond acceptors (Lipinski definition) is 4. The molecule has 1 aromatic rings.